The van der Waals surface area contributed by atoms with Crippen molar-refractivity contribution in [3.63, 3.8) is 0 Å². The summed E-state index contributed by atoms with van der Waals surface area (Å²) in [6, 6.07) is 0.361. The number of hydrogen-bond acceptors (Lipinski definition) is 4. The second kappa shape index (κ2) is 5.33. The molecule has 0 aliphatic heterocycles. The molecule has 0 radical (unpaired) electrons. The molecule has 1 aromatic rings. The van der Waals surface area contributed by atoms with E-state index in [2.05, 4.69) is 24.1 Å². The molecule has 0 saturated heterocycles. The van der Waals surface area contributed by atoms with Crippen LogP contribution in [0.1, 0.15) is 69.1 Å². The Morgan fingerprint density at radius 3 is 2.62 bits per heavy atom. The quantitative estimate of drug-likeness (QED) is 0.928. The highest BCUT2D eigenvalue weighted by molar-refractivity contribution is 5.28. The maximum absolute atomic E-state index is 5.84. The van der Waals surface area contributed by atoms with Gasteiger partial charge in [0.25, 0.3) is 0 Å². The van der Waals surface area contributed by atoms with E-state index in [0.29, 0.717) is 6.04 Å². The lowest BCUT2D eigenvalue weighted by atomic mass is 9.74. The van der Waals surface area contributed by atoms with E-state index in [-0.39, 0.29) is 11.0 Å². The molecule has 2 aliphatic carbocycles. The maximum Gasteiger partial charge on any atom is 0.160 e. The number of hydrogen-bond donors (Lipinski definition) is 1. The average molecular weight is 289 g/mol. The van der Waals surface area contributed by atoms with Gasteiger partial charge in [-0.05, 0) is 51.0 Å². The van der Waals surface area contributed by atoms with Crippen LogP contribution < -0.4 is 5.32 Å². The van der Waals surface area contributed by atoms with Crippen LogP contribution in [-0.4, -0.2) is 24.1 Å². The minimum atomic E-state index is -0.244. The van der Waals surface area contributed by atoms with Crippen molar-refractivity contribution < 1.29 is 4.74 Å². The summed E-state index contributed by atoms with van der Waals surface area (Å²) in [7, 11) is 3.83. The highest BCUT2D eigenvalue weighted by Crippen LogP contribution is 2.43. The van der Waals surface area contributed by atoms with E-state index < -0.39 is 0 Å². The molecule has 1 fully saturated rings. The second-order valence-corrected chi connectivity index (χ2v) is 7.39. The van der Waals surface area contributed by atoms with Crippen LogP contribution in [0.3, 0.4) is 0 Å². The topological polar surface area (TPSA) is 47.0 Å². The first-order valence-electron chi connectivity index (χ1n) is 8.08. The van der Waals surface area contributed by atoms with Crippen LogP contribution in [0.4, 0.5) is 0 Å². The number of aromatic nitrogens is 2. The van der Waals surface area contributed by atoms with Crippen LogP contribution in [-0.2, 0) is 16.8 Å². The zero-order valence-electron chi connectivity index (χ0n) is 13.7. The molecule has 0 amide bonds. The van der Waals surface area contributed by atoms with Crippen molar-refractivity contribution >= 4 is 0 Å². The van der Waals surface area contributed by atoms with Gasteiger partial charge in [-0.2, -0.15) is 0 Å². The first kappa shape index (κ1) is 14.9. The molecule has 0 spiro atoms. The summed E-state index contributed by atoms with van der Waals surface area (Å²) >= 11 is 0. The maximum atomic E-state index is 5.84. The molecule has 1 aromatic heterocycles. The van der Waals surface area contributed by atoms with Gasteiger partial charge in [-0.3, -0.25) is 0 Å². The molecule has 4 nitrogen and oxygen atoms in total. The molecule has 21 heavy (non-hydrogen) atoms. The number of nitrogens with one attached hydrogen (secondary N) is 1. The average Bonchev–Trinajstić information content (AvgIpc) is 2.94. The third kappa shape index (κ3) is 2.59. The number of fused-ring (bicyclic) bond motifs is 1. The smallest absolute Gasteiger partial charge is 0.160 e. The highest BCUT2D eigenvalue weighted by atomic mass is 16.5. The molecule has 0 aromatic carbocycles. The second-order valence-electron chi connectivity index (χ2n) is 7.39. The van der Waals surface area contributed by atoms with E-state index in [9.17, 15) is 0 Å². The monoisotopic (exact) mass is 289 g/mol. The number of ether oxygens (including phenoxy) is 1. The molecule has 3 rings (SSSR count). The molecule has 4 heteroatoms. The predicted molar refractivity (Wildman–Crippen MR) is 83.1 cm³/mol. The van der Waals surface area contributed by atoms with Crippen molar-refractivity contribution in [2.24, 2.45) is 5.41 Å². The van der Waals surface area contributed by atoms with Gasteiger partial charge >= 0.3 is 0 Å². The largest absolute Gasteiger partial charge is 0.370 e. The van der Waals surface area contributed by atoms with Crippen LogP contribution in [0.25, 0.3) is 0 Å². The summed E-state index contributed by atoms with van der Waals surface area (Å²) in [4.78, 5) is 9.64. The van der Waals surface area contributed by atoms with Crippen LogP contribution >= 0.6 is 0 Å². The van der Waals surface area contributed by atoms with Crippen LogP contribution in [0.2, 0.25) is 0 Å². The fourth-order valence-electron chi connectivity index (χ4n) is 3.99. The number of nitrogens with zero attached hydrogens (tertiary/aromatic N) is 2. The van der Waals surface area contributed by atoms with Gasteiger partial charge in [0.05, 0.1) is 0 Å². The number of rotatable bonds is 3. The Bertz CT molecular complexity index is 521. The van der Waals surface area contributed by atoms with E-state index in [0.717, 1.165) is 31.5 Å². The summed E-state index contributed by atoms with van der Waals surface area (Å²) in [5.41, 5.74) is 2.51. The SMILES string of the molecule is CNC1CC(C)(C)Cc2nc(C3(OC)CCCC3)ncc21. The minimum absolute atomic E-state index is 0.244. The summed E-state index contributed by atoms with van der Waals surface area (Å²) < 4.78 is 5.84. The zero-order valence-corrected chi connectivity index (χ0v) is 13.7. The Kier molecular flexibility index (Phi) is 3.78. The fraction of sp³-hybridized carbons (Fsp3) is 0.765. The van der Waals surface area contributed by atoms with Crippen molar-refractivity contribution in [2.75, 3.05) is 14.2 Å². The van der Waals surface area contributed by atoms with Crippen molar-refractivity contribution in [3.8, 4) is 0 Å². The van der Waals surface area contributed by atoms with Crippen LogP contribution in [0.5, 0.6) is 0 Å². The van der Waals surface area contributed by atoms with Gasteiger partial charge in [0, 0.05) is 30.6 Å². The molecule has 1 saturated carbocycles. The lowest BCUT2D eigenvalue weighted by molar-refractivity contribution is -0.0167. The van der Waals surface area contributed by atoms with E-state index in [1.807, 2.05) is 13.2 Å². The summed E-state index contributed by atoms with van der Waals surface area (Å²) in [6.45, 7) is 4.65. The van der Waals surface area contributed by atoms with Gasteiger partial charge in [0.15, 0.2) is 5.82 Å². The Labute approximate surface area is 127 Å². The minimum Gasteiger partial charge on any atom is -0.370 e. The lowest BCUT2D eigenvalue weighted by Crippen LogP contribution is -2.34. The predicted octanol–water partition coefficient (Wildman–Crippen LogP) is 3.13. The van der Waals surface area contributed by atoms with E-state index in [1.54, 1.807) is 7.11 Å². The van der Waals surface area contributed by atoms with Gasteiger partial charge in [0.2, 0.25) is 0 Å². The van der Waals surface area contributed by atoms with E-state index in [4.69, 9.17) is 9.72 Å². The van der Waals surface area contributed by atoms with Gasteiger partial charge < -0.3 is 10.1 Å². The van der Waals surface area contributed by atoms with Crippen molar-refractivity contribution in [1.29, 1.82) is 0 Å². The van der Waals surface area contributed by atoms with Crippen LogP contribution in [0, 0.1) is 5.41 Å². The van der Waals surface area contributed by atoms with Crippen molar-refractivity contribution in [1.82, 2.24) is 15.3 Å². The first-order chi connectivity index (χ1) is 10.00. The van der Waals surface area contributed by atoms with Gasteiger partial charge in [-0.15, -0.1) is 0 Å². The Hall–Kier alpha value is -1.00. The van der Waals surface area contributed by atoms with Crippen molar-refractivity contribution in [2.45, 2.75) is 64.0 Å². The first-order valence-corrected chi connectivity index (χ1v) is 8.08. The molecule has 1 heterocycles. The zero-order chi connectivity index (χ0) is 15.1. The molecule has 116 valence electrons. The Morgan fingerprint density at radius 2 is 2.00 bits per heavy atom. The summed E-state index contributed by atoms with van der Waals surface area (Å²) in [5, 5.41) is 3.42. The third-order valence-corrected chi connectivity index (χ3v) is 5.24. The molecule has 1 atom stereocenters. The standard InChI is InChI=1S/C17H27N3O/c1-16(2)9-13(18-3)12-11-19-15(20-14(12)10-16)17(21-4)7-5-6-8-17/h11,13,18H,5-10H2,1-4H3. The highest BCUT2D eigenvalue weighted by Gasteiger charge is 2.40. The van der Waals surface area contributed by atoms with E-state index in [1.165, 1.54) is 24.1 Å². The summed E-state index contributed by atoms with van der Waals surface area (Å²) in [5.74, 6) is 0.897. The Balaban J connectivity index is 2.01. The summed E-state index contributed by atoms with van der Waals surface area (Å²) in [6.07, 6.45) is 8.69. The normalized spacial score (nSPS) is 26.6. The molecule has 1 N–H and O–H groups in total. The Morgan fingerprint density at radius 1 is 1.29 bits per heavy atom. The van der Waals surface area contributed by atoms with Crippen molar-refractivity contribution in [3.05, 3.63) is 23.3 Å². The van der Waals surface area contributed by atoms with Gasteiger partial charge in [0.1, 0.15) is 5.60 Å². The third-order valence-electron chi connectivity index (χ3n) is 5.24. The molecule has 2 aliphatic rings. The lowest BCUT2D eigenvalue weighted by Gasteiger charge is -2.37. The molecule has 0 bridgehead atoms. The molecular formula is C17H27N3O. The van der Waals surface area contributed by atoms with Gasteiger partial charge in [-0.25, -0.2) is 9.97 Å². The molecular weight excluding hydrogens is 262 g/mol. The van der Waals surface area contributed by atoms with Gasteiger partial charge in [-0.1, -0.05) is 13.8 Å². The van der Waals surface area contributed by atoms with E-state index >= 15 is 0 Å². The fourth-order valence-corrected chi connectivity index (χ4v) is 3.99. The molecule has 1 unspecified atom stereocenters. The van der Waals surface area contributed by atoms with Crippen LogP contribution in [0.15, 0.2) is 6.20 Å². The number of methoxy groups -OCH3 is 1.